The lowest BCUT2D eigenvalue weighted by Gasteiger charge is -2.27. The lowest BCUT2D eigenvalue weighted by Crippen LogP contribution is -2.35. The molecule has 1 amide bonds. The molecule has 1 saturated carbocycles. The minimum absolute atomic E-state index is 0.0562. The van der Waals surface area contributed by atoms with Gasteiger partial charge in [-0.2, -0.15) is 0 Å². The highest BCUT2D eigenvalue weighted by molar-refractivity contribution is 7.17. The first-order chi connectivity index (χ1) is 10.5. The van der Waals surface area contributed by atoms with E-state index in [9.17, 15) is 4.79 Å². The van der Waals surface area contributed by atoms with E-state index in [1.807, 2.05) is 49.9 Å². The van der Waals surface area contributed by atoms with Gasteiger partial charge in [0, 0.05) is 20.1 Å². The van der Waals surface area contributed by atoms with Gasteiger partial charge in [-0.25, -0.2) is 4.98 Å². The predicted molar refractivity (Wildman–Crippen MR) is 87.5 cm³/mol. The Morgan fingerprint density at radius 1 is 1.45 bits per heavy atom. The van der Waals surface area contributed by atoms with Crippen molar-refractivity contribution in [3.05, 3.63) is 34.7 Å². The predicted octanol–water partition coefficient (Wildman–Crippen LogP) is 3.48. The van der Waals surface area contributed by atoms with Crippen LogP contribution in [-0.4, -0.2) is 35.9 Å². The Hall–Kier alpha value is -1.82. The Bertz CT molecular complexity index is 659. The fourth-order valence-electron chi connectivity index (χ4n) is 2.57. The van der Waals surface area contributed by atoms with Crippen LogP contribution in [0.1, 0.15) is 46.9 Å². The topological polar surface area (TPSA) is 49.6 Å². The summed E-state index contributed by atoms with van der Waals surface area (Å²) in [5.41, 5.74) is 0.802. The fraction of sp³-hybridized carbons (Fsp3) is 0.500. The van der Waals surface area contributed by atoms with E-state index in [1.54, 1.807) is 6.26 Å². The molecule has 0 bridgehead atoms. The molecule has 2 aromatic rings. The van der Waals surface area contributed by atoms with Crippen molar-refractivity contribution in [2.75, 3.05) is 19.0 Å². The van der Waals surface area contributed by atoms with Gasteiger partial charge in [0.05, 0.1) is 18.0 Å². The summed E-state index contributed by atoms with van der Waals surface area (Å²) in [6.45, 7) is 3.93. The number of carbonyl (C=O) groups is 1. The number of thiazole rings is 1. The van der Waals surface area contributed by atoms with Crippen LogP contribution < -0.4 is 4.90 Å². The van der Waals surface area contributed by atoms with Crippen molar-refractivity contribution in [2.45, 2.75) is 38.8 Å². The minimum atomic E-state index is -0.0562. The van der Waals surface area contributed by atoms with Gasteiger partial charge in [0.2, 0.25) is 0 Å². The van der Waals surface area contributed by atoms with Crippen LogP contribution in [0.25, 0.3) is 0 Å². The molecule has 1 fully saturated rings. The summed E-state index contributed by atoms with van der Waals surface area (Å²) in [7, 11) is 3.88. The van der Waals surface area contributed by atoms with Gasteiger partial charge in [0.25, 0.3) is 5.91 Å². The molecule has 0 N–H and O–H groups in total. The van der Waals surface area contributed by atoms with E-state index in [1.165, 1.54) is 11.3 Å². The highest BCUT2D eigenvalue weighted by Crippen LogP contribution is 2.37. The highest BCUT2D eigenvalue weighted by atomic mass is 32.1. The maximum absolute atomic E-state index is 13.1. The van der Waals surface area contributed by atoms with Crippen LogP contribution in [0, 0.1) is 6.92 Å². The summed E-state index contributed by atoms with van der Waals surface area (Å²) in [6, 6.07) is 4.05. The van der Waals surface area contributed by atoms with Crippen molar-refractivity contribution in [3.63, 3.8) is 0 Å². The maximum Gasteiger partial charge on any atom is 0.266 e. The Balaban J connectivity index is 1.90. The third-order valence-electron chi connectivity index (χ3n) is 3.91. The first kappa shape index (κ1) is 15.1. The summed E-state index contributed by atoms with van der Waals surface area (Å²) >= 11 is 1.46. The average Bonchev–Trinajstić information content (AvgIpc) is 3.02. The van der Waals surface area contributed by atoms with Crippen LogP contribution in [-0.2, 0) is 0 Å². The van der Waals surface area contributed by atoms with Gasteiger partial charge in [0.15, 0.2) is 5.13 Å². The number of aromatic nitrogens is 1. The van der Waals surface area contributed by atoms with Crippen molar-refractivity contribution in [2.24, 2.45) is 0 Å². The van der Waals surface area contributed by atoms with E-state index in [2.05, 4.69) is 4.98 Å². The summed E-state index contributed by atoms with van der Waals surface area (Å²) in [4.78, 5) is 22.2. The van der Waals surface area contributed by atoms with E-state index >= 15 is 0 Å². The molecule has 0 unspecified atom stereocenters. The minimum Gasteiger partial charge on any atom is -0.467 e. The molecule has 0 spiro atoms. The van der Waals surface area contributed by atoms with E-state index in [0.29, 0.717) is 6.04 Å². The van der Waals surface area contributed by atoms with Crippen LogP contribution >= 0.6 is 11.3 Å². The molecule has 2 heterocycles. The van der Waals surface area contributed by atoms with E-state index in [0.717, 1.165) is 34.3 Å². The zero-order valence-electron chi connectivity index (χ0n) is 13.4. The number of carbonyl (C=O) groups excluding carboxylic acids is 1. The Labute approximate surface area is 134 Å². The number of nitrogens with zero attached hydrogens (tertiary/aromatic N) is 3. The molecular formula is C16H21N3O2S. The lowest BCUT2D eigenvalue weighted by molar-refractivity contribution is 0.0657. The van der Waals surface area contributed by atoms with E-state index in [-0.39, 0.29) is 11.9 Å². The summed E-state index contributed by atoms with van der Waals surface area (Å²) < 4.78 is 5.50. The monoisotopic (exact) mass is 319 g/mol. The number of anilines is 1. The van der Waals surface area contributed by atoms with Gasteiger partial charge in [-0.05, 0) is 38.8 Å². The second kappa shape index (κ2) is 5.76. The third kappa shape index (κ3) is 2.75. The third-order valence-corrected chi connectivity index (χ3v) is 5.22. The molecule has 1 aliphatic rings. The summed E-state index contributed by atoms with van der Waals surface area (Å²) in [5, 5.41) is 0.863. The second-order valence-corrected chi connectivity index (χ2v) is 6.92. The molecule has 5 nitrogen and oxygen atoms in total. The molecule has 0 aliphatic heterocycles. The van der Waals surface area contributed by atoms with Crippen LogP contribution in [0.4, 0.5) is 5.13 Å². The molecule has 1 atom stereocenters. The van der Waals surface area contributed by atoms with Gasteiger partial charge in [-0.15, -0.1) is 0 Å². The zero-order valence-corrected chi connectivity index (χ0v) is 14.2. The molecule has 0 radical (unpaired) electrons. The maximum atomic E-state index is 13.1. The van der Waals surface area contributed by atoms with Crippen molar-refractivity contribution in [1.82, 2.24) is 9.88 Å². The first-order valence-corrected chi connectivity index (χ1v) is 8.31. The summed E-state index contributed by atoms with van der Waals surface area (Å²) in [6.07, 6.45) is 3.79. The van der Waals surface area contributed by atoms with Gasteiger partial charge >= 0.3 is 0 Å². The van der Waals surface area contributed by atoms with Crippen molar-refractivity contribution >= 4 is 22.4 Å². The fourth-order valence-corrected chi connectivity index (χ4v) is 3.50. The van der Waals surface area contributed by atoms with E-state index in [4.69, 9.17) is 4.42 Å². The second-order valence-electron chi connectivity index (χ2n) is 5.94. The lowest BCUT2D eigenvalue weighted by atomic mass is 10.2. The average molecular weight is 319 g/mol. The quantitative estimate of drug-likeness (QED) is 0.846. The van der Waals surface area contributed by atoms with Gasteiger partial charge in [-0.1, -0.05) is 11.3 Å². The largest absolute Gasteiger partial charge is 0.467 e. The van der Waals surface area contributed by atoms with Crippen molar-refractivity contribution < 1.29 is 9.21 Å². The summed E-state index contributed by atoms with van der Waals surface area (Å²) in [5.74, 6) is 0.893. The van der Waals surface area contributed by atoms with Crippen LogP contribution in [0.2, 0.25) is 0 Å². The van der Waals surface area contributed by atoms with Gasteiger partial charge < -0.3 is 14.2 Å². The molecule has 6 heteroatoms. The smallest absolute Gasteiger partial charge is 0.266 e. The Kier molecular flexibility index (Phi) is 3.95. The Morgan fingerprint density at radius 3 is 2.68 bits per heavy atom. The highest BCUT2D eigenvalue weighted by Gasteiger charge is 2.38. The number of amides is 1. The van der Waals surface area contributed by atoms with Gasteiger partial charge in [0.1, 0.15) is 10.6 Å². The number of furan rings is 1. The van der Waals surface area contributed by atoms with E-state index < -0.39 is 0 Å². The van der Waals surface area contributed by atoms with Gasteiger partial charge in [-0.3, -0.25) is 4.79 Å². The SMILES string of the molecule is Cc1nc(N(C)C)sc1C(=O)N(C1CC1)[C@@H](C)c1ccco1. The van der Waals surface area contributed by atoms with Crippen LogP contribution in [0.5, 0.6) is 0 Å². The zero-order chi connectivity index (χ0) is 15.9. The molecule has 2 aromatic heterocycles. The number of hydrogen-bond donors (Lipinski definition) is 0. The Morgan fingerprint density at radius 2 is 2.18 bits per heavy atom. The normalized spacial score (nSPS) is 15.6. The number of aryl methyl sites for hydroxylation is 1. The molecule has 22 heavy (non-hydrogen) atoms. The van der Waals surface area contributed by atoms with Crippen LogP contribution in [0.15, 0.2) is 22.8 Å². The molecular weight excluding hydrogens is 298 g/mol. The number of rotatable bonds is 5. The molecule has 0 saturated heterocycles. The van der Waals surface area contributed by atoms with Crippen LogP contribution in [0.3, 0.4) is 0 Å². The standard InChI is InChI=1S/C16H21N3O2S/c1-10-14(22-16(17-10)18(3)4)15(20)19(12-7-8-12)11(2)13-6-5-9-21-13/h5-6,9,11-12H,7-8H2,1-4H3/t11-/m0/s1. The van der Waals surface area contributed by atoms with Crippen molar-refractivity contribution in [3.8, 4) is 0 Å². The number of hydrogen-bond acceptors (Lipinski definition) is 5. The molecule has 0 aromatic carbocycles. The van der Waals surface area contributed by atoms with Crippen molar-refractivity contribution in [1.29, 1.82) is 0 Å². The molecule has 1 aliphatic carbocycles. The molecule has 118 valence electrons. The molecule has 3 rings (SSSR count). The first-order valence-electron chi connectivity index (χ1n) is 7.50.